The van der Waals surface area contributed by atoms with Crippen LogP contribution in [0.1, 0.15) is 128 Å². The van der Waals surface area contributed by atoms with Crippen LogP contribution < -0.4 is 14.7 Å². The number of imide groups is 2. The SMILES string of the molecule is Cc1ccc(Cc2ccc(N3Cc4ccc(C(C)(C)c5ccc6c(c5)CN(c5cc(N7C(=O)c8ccc(C(c9ccccc9)(c9ccc%10c(c9)C(=O)N(C)C%10=O)C(F)(F)F)cc8C7=O)cc(C(F)(F)F)c5)C6)cc4C3)cc2)cc1. The lowest BCUT2D eigenvalue weighted by Gasteiger charge is -2.38. The maximum atomic E-state index is 16.2. The summed E-state index contributed by atoms with van der Waals surface area (Å²) in [5.41, 5.74) is 3.99. The van der Waals surface area contributed by atoms with Gasteiger partial charge in [0.25, 0.3) is 23.6 Å². The monoisotopic (exact) mass is 1060 g/mol. The molecule has 4 amide bonds. The second-order valence-corrected chi connectivity index (χ2v) is 21.6. The first-order valence-corrected chi connectivity index (χ1v) is 25.8. The molecule has 4 aliphatic rings. The summed E-state index contributed by atoms with van der Waals surface area (Å²) in [6.45, 7) is 8.36. The van der Waals surface area contributed by atoms with Crippen molar-refractivity contribution in [2.24, 2.45) is 0 Å². The van der Waals surface area contributed by atoms with Crippen molar-refractivity contribution in [3.63, 3.8) is 0 Å². The van der Waals surface area contributed by atoms with E-state index in [-0.39, 0.29) is 41.0 Å². The molecule has 0 spiro atoms. The Bertz CT molecular complexity index is 3850. The molecule has 0 aromatic heterocycles. The highest BCUT2D eigenvalue weighted by molar-refractivity contribution is 6.34. The minimum atomic E-state index is -5.17. The normalized spacial score (nSPS) is 15.9. The van der Waals surface area contributed by atoms with Crippen molar-refractivity contribution < 1.29 is 45.5 Å². The molecule has 4 heterocycles. The first-order chi connectivity index (χ1) is 37.6. The van der Waals surface area contributed by atoms with Crippen molar-refractivity contribution in [1.29, 1.82) is 0 Å². The largest absolute Gasteiger partial charge is 0.416 e. The van der Waals surface area contributed by atoms with Crippen molar-refractivity contribution in [2.45, 2.75) is 76.6 Å². The van der Waals surface area contributed by atoms with Crippen LogP contribution in [0.25, 0.3) is 0 Å². The number of carbonyl (C=O) groups is 4. The number of alkyl halides is 6. The maximum absolute atomic E-state index is 16.2. The Morgan fingerprint density at radius 1 is 0.418 bits per heavy atom. The lowest BCUT2D eigenvalue weighted by atomic mass is 9.68. The van der Waals surface area contributed by atoms with Gasteiger partial charge in [-0.15, -0.1) is 0 Å². The zero-order chi connectivity index (χ0) is 55.5. The highest BCUT2D eigenvalue weighted by Crippen LogP contribution is 2.53. The number of hydrogen-bond acceptors (Lipinski definition) is 6. The van der Waals surface area contributed by atoms with Crippen LogP contribution >= 0.6 is 0 Å². The van der Waals surface area contributed by atoms with Gasteiger partial charge in [-0.2, -0.15) is 26.3 Å². The van der Waals surface area contributed by atoms with Crippen molar-refractivity contribution in [1.82, 2.24) is 4.90 Å². The molecule has 8 aromatic carbocycles. The number of amides is 4. The summed E-state index contributed by atoms with van der Waals surface area (Å²) >= 11 is 0. The van der Waals surface area contributed by atoms with Gasteiger partial charge in [0, 0.05) is 50.0 Å². The van der Waals surface area contributed by atoms with Crippen molar-refractivity contribution >= 4 is 40.7 Å². The summed E-state index contributed by atoms with van der Waals surface area (Å²) in [5.74, 6) is -3.61. The van der Waals surface area contributed by atoms with Crippen LogP contribution in [0, 0.1) is 6.92 Å². The number of fused-ring (bicyclic) bond motifs is 4. The number of carbonyl (C=O) groups excluding carboxylic acids is 4. The Labute approximate surface area is 452 Å². The molecule has 14 heteroatoms. The van der Waals surface area contributed by atoms with Gasteiger partial charge in [0.15, 0.2) is 0 Å². The number of benzene rings is 8. The average molecular weight is 1070 g/mol. The van der Waals surface area contributed by atoms with Crippen LogP contribution in [0.3, 0.4) is 0 Å². The Morgan fingerprint density at radius 2 is 0.886 bits per heavy atom. The fourth-order valence-corrected chi connectivity index (χ4v) is 11.9. The third kappa shape index (κ3) is 8.47. The lowest BCUT2D eigenvalue weighted by Crippen LogP contribution is -2.44. The molecule has 79 heavy (non-hydrogen) atoms. The Hall–Kier alpha value is -8.78. The Balaban J connectivity index is 0.814. The number of halogens is 6. The van der Waals surface area contributed by atoms with E-state index in [2.05, 4.69) is 98.5 Å². The molecule has 0 bridgehead atoms. The minimum absolute atomic E-state index is 0.0800. The van der Waals surface area contributed by atoms with Crippen LogP contribution in [-0.4, -0.2) is 41.8 Å². The first kappa shape index (κ1) is 51.0. The molecule has 0 N–H and O–H groups in total. The van der Waals surface area contributed by atoms with Gasteiger partial charge in [0.1, 0.15) is 5.41 Å². The van der Waals surface area contributed by atoms with Crippen LogP contribution in [0.15, 0.2) is 170 Å². The summed E-state index contributed by atoms with van der Waals surface area (Å²) in [7, 11) is 1.22. The Kier molecular flexibility index (Phi) is 11.9. The second kappa shape index (κ2) is 18.4. The molecule has 0 saturated heterocycles. The molecule has 0 radical (unpaired) electrons. The summed E-state index contributed by atoms with van der Waals surface area (Å²) < 4.78 is 93.3. The molecule has 1 unspecified atom stereocenters. The maximum Gasteiger partial charge on any atom is 0.416 e. The summed E-state index contributed by atoms with van der Waals surface area (Å²) in [4.78, 5) is 60.2. The molecule has 1 atom stereocenters. The van der Waals surface area contributed by atoms with Crippen molar-refractivity contribution in [2.75, 3.05) is 21.7 Å². The third-order valence-electron chi connectivity index (χ3n) is 16.5. The standard InChI is InChI=1S/C65H50F6N4O4/c1-38-10-12-39(13-11-38)26-40-14-22-51(23-15-40)73-34-41-16-18-46(27-43(41)36-73)62(2,3)47-19-17-42-35-74(37-44(42)28-47)52-29-50(64(66,67)68)30-53(33-52)75-60(78)55-25-21-49(32-57(55)61(75)79)63(65(69,70)71,45-8-6-5-7-9-45)48-20-24-54-56(31-48)59(77)72(4)58(54)76/h5-25,27-33H,26,34-37H2,1-4H3. The topological polar surface area (TPSA) is 81.2 Å². The predicted octanol–water partition coefficient (Wildman–Crippen LogP) is 13.9. The predicted molar refractivity (Wildman–Crippen MR) is 289 cm³/mol. The molecule has 0 saturated carbocycles. The van der Waals surface area contributed by atoms with Crippen LogP contribution in [0.5, 0.6) is 0 Å². The molecular formula is C65H50F6N4O4. The van der Waals surface area contributed by atoms with E-state index in [1.165, 1.54) is 71.3 Å². The molecule has 0 aliphatic carbocycles. The van der Waals surface area contributed by atoms with E-state index in [1.54, 1.807) is 4.90 Å². The molecule has 8 nitrogen and oxygen atoms in total. The van der Waals surface area contributed by atoms with Crippen molar-refractivity contribution in [3.05, 3.63) is 264 Å². The van der Waals surface area contributed by atoms with Crippen LogP contribution in [0.2, 0.25) is 0 Å². The fraction of sp³-hybridized carbons (Fsp3) is 0.200. The quantitative estimate of drug-likeness (QED) is 0.0771. The summed E-state index contributed by atoms with van der Waals surface area (Å²) in [5, 5.41) is 0. The van der Waals surface area contributed by atoms with E-state index < -0.39 is 74.8 Å². The van der Waals surface area contributed by atoms with Gasteiger partial charge in [-0.1, -0.05) is 135 Å². The molecule has 4 aliphatic heterocycles. The van der Waals surface area contributed by atoms with E-state index in [9.17, 15) is 32.3 Å². The third-order valence-corrected chi connectivity index (χ3v) is 16.5. The van der Waals surface area contributed by atoms with Gasteiger partial charge in [-0.05, 0) is 129 Å². The summed E-state index contributed by atoms with van der Waals surface area (Å²) in [6.07, 6.45) is -9.22. The number of anilines is 3. The number of nitrogens with zero attached hydrogens (tertiary/aromatic N) is 4. The minimum Gasteiger partial charge on any atom is -0.363 e. The van der Waals surface area contributed by atoms with E-state index in [0.29, 0.717) is 11.0 Å². The Morgan fingerprint density at radius 3 is 1.44 bits per heavy atom. The van der Waals surface area contributed by atoms with Gasteiger partial charge in [0.2, 0.25) is 0 Å². The van der Waals surface area contributed by atoms with Gasteiger partial charge in [-0.25, -0.2) is 4.90 Å². The molecule has 8 aromatic rings. The number of hydrogen-bond donors (Lipinski definition) is 0. The van der Waals surface area contributed by atoms with E-state index >= 15 is 13.2 Å². The molecule has 396 valence electrons. The highest BCUT2D eigenvalue weighted by Gasteiger charge is 2.59. The first-order valence-electron chi connectivity index (χ1n) is 25.8. The van der Waals surface area contributed by atoms with Crippen LogP contribution in [-0.2, 0) is 49.6 Å². The summed E-state index contributed by atoms with van der Waals surface area (Å²) in [6, 6.07) is 46.2. The van der Waals surface area contributed by atoms with Gasteiger partial charge >= 0.3 is 12.4 Å². The molecule has 0 fully saturated rings. The van der Waals surface area contributed by atoms with Gasteiger partial charge in [-0.3, -0.25) is 24.1 Å². The average Bonchev–Trinajstić information content (AvgIpc) is 4.41. The van der Waals surface area contributed by atoms with E-state index in [0.717, 1.165) is 94.8 Å². The number of aryl methyl sites for hydroxylation is 1. The molecule has 12 rings (SSSR count). The zero-order valence-corrected chi connectivity index (χ0v) is 43.4. The number of rotatable bonds is 10. The smallest absolute Gasteiger partial charge is 0.363 e. The van der Waals surface area contributed by atoms with Crippen molar-refractivity contribution in [3.8, 4) is 0 Å². The van der Waals surface area contributed by atoms with Gasteiger partial charge < -0.3 is 9.80 Å². The van der Waals surface area contributed by atoms with E-state index in [4.69, 9.17) is 0 Å². The highest BCUT2D eigenvalue weighted by atomic mass is 19.4. The zero-order valence-electron chi connectivity index (χ0n) is 43.4. The second-order valence-electron chi connectivity index (χ2n) is 21.6. The fourth-order valence-electron chi connectivity index (χ4n) is 11.9. The van der Waals surface area contributed by atoms with E-state index in [1.807, 2.05) is 12.1 Å². The lowest BCUT2D eigenvalue weighted by molar-refractivity contribution is -0.166. The van der Waals surface area contributed by atoms with Crippen LogP contribution in [0.4, 0.5) is 43.4 Å². The molecular weight excluding hydrogens is 1010 g/mol. The van der Waals surface area contributed by atoms with Gasteiger partial charge in [0.05, 0.1) is 33.5 Å².